The van der Waals surface area contributed by atoms with E-state index in [0.29, 0.717) is 24.7 Å². The molecule has 1 aromatic carbocycles. The first-order valence-corrected chi connectivity index (χ1v) is 10.8. The Kier molecular flexibility index (Phi) is 5.08. The molecule has 30 heavy (non-hydrogen) atoms. The minimum Gasteiger partial charge on any atom is -0.354 e. The van der Waals surface area contributed by atoms with Crippen LogP contribution in [0.4, 0.5) is 5.82 Å². The Hall–Kier alpha value is -2.64. The molecule has 3 aromatic rings. The SMILES string of the molecule is CN(Cc1ccc(Cl)cc1)C(=O)C1CN(c2c3c(nc4ccnn24)CCNCC3)C1. The maximum Gasteiger partial charge on any atom is 0.229 e. The first kappa shape index (κ1) is 19.3. The Morgan fingerprint density at radius 1 is 1.20 bits per heavy atom. The Bertz CT molecular complexity index is 1070. The van der Waals surface area contributed by atoms with Crippen molar-refractivity contribution in [1.29, 1.82) is 0 Å². The van der Waals surface area contributed by atoms with E-state index in [1.54, 1.807) is 6.20 Å². The number of carbonyl (C=O) groups excluding carboxylic acids is 1. The monoisotopic (exact) mass is 424 g/mol. The highest BCUT2D eigenvalue weighted by Crippen LogP contribution is 2.32. The molecule has 8 heteroatoms. The van der Waals surface area contributed by atoms with E-state index in [9.17, 15) is 4.79 Å². The quantitative estimate of drug-likeness (QED) is 0.695. The van der Waals surface area contributed by atoms with Gasteiger partial charge in [0.2, 0.25) is 5.91 Å². The summed E-state index contributed by atoms with van der Waals surface area (Å²) in [5.74, 6) is 1.29. The van der Waals surface area contributed by atoms with Crippen molar-refractivity contribution in [3.05, 3.63) is 58.4 Å². The lowest BCUT2D eigenvalue weighted by molar-refractivity contribution is -0.135. The summed E-state index contributed by atoms with van der Waals surface area (Å²) in [5, 5.41) is 8.68. The summed E-state index contributed by atoms with van der Waals surface area (Å²) in [6.07, 6.45) is 3.65. The molecule has 0 aliphatic carbocycles. The first-order chi connectivity index (χ1) is 14.6. The predicted molar refractivity (Wildman–Crippen MR) is 117 cm³/mol. The fourth-order valence-corrected chi connectivity index (χ4v) is 4.53. The van der Waals surface area contributed by atoms with Crippen LogP contribution in [-0.4, -0.2) is 58.6 Å². The lowest BCUT2D eigenvalue weighted by Crippen LogP contribution is -2.54. The number of carbonyl (C=O) groups is 1. The summed E-state index contributed by atoms with van der Waals surface area (Å²) < 4.78 is 1.93. The van der Waals surface area contributed by atoms with Crippen LogP contribution in [-0.2, 0) is 24.2 Å². The van der Waals surface area contributed by atoms with E-state index in [0.717, 1.165) is 48.7 Å². The average molecular weight is 425 g/mol. The van der Waals surface area contributed by atoms with Crippen molar-refractivity contribution >= 4 is 29.0 Å². The standard InChI is InChI=1S/C22H25ClN6O/c1-27(12-15-2-4-17(23)5-3-15)22(30)16-13-28(14-16)21-18-6-9-24-10-7-19(18)26-20-8-11-25-29(20)21/h2-5,8,11,16,24H,6-7,9-10,12-14H2,1H3. The molecule has 0 bridgehead atoms. The number of fused-ring (bicyclic) bond motifs is 2. The van der Waals surface area contributed by atoms with Crippen LogP contribution in [0.3, 0.4) is 0 Å². The van der Waals surface area contributed by atoms with E-state index in [4.69, 9.17) is 16.6 Å². The minimum absolute atomic E-state index is 0.000584. The zero-order chi connectivity index (χ0) is 20.7. The van der Waals surface area contributed by atoms with E-state index in [2.05, 4.69) is 15.3 Å². The molecule has 1 N–H and O–H groups in total. The third kappa shape index (κ3) is 3.52. The van der Waals surface area contributed by atoms with Crippen molar-refractivity contribution in [2.75, 3.05) is 38.1 Å². The maximum absolute atomic E-state index is 13.0. The van der Waals surface area contributed by atoms with Crippen LogP contribution in [0.2, 0.25) is 5.02 Å². The van der Waals surface area contributed by atoms with Gasteiger partial charge in [-0.2, -0.15) is 9.61 Å². The van der Waals surface area contributed by atoms with E-state index < -0.39 is 0 Å². The molecule has 1 fully saturated rings. The smallest absolute Gasteiger partial charge is 0.229 e. The molecule has 1 saturated heterocycles. The molecule has 7 nitrogen and oxygen atoms in total. The number of hydrogen-bond acceptors (Lipinski definition) is 5. The van der Waals surface area contributed by atoms with Crippen LogP contribution in [0.1, 0.15) is 16.8 Å². The zero-order valence-electron chi connectivity index (χ0n) is 17.0. The number of rotatable bonds is 4. The molecule has 1 amide bonds. The molecule has 0 spiro atoms. The summed E-state index contributed by atoms with van der Waals surface area (Å²) in [4.78, 5) is 21.9. The lowest BCUT2D eigenvalue weighted by Gasteiger charge is -2.42. The highest BCUT2D eigenvalue weighted by Gasteiger charge is 2.37. The van der Waals surface area contributed by atoms with Crippen molar-refractivity contribution in [3.8, 4) is 0 Å². The van der Waals surface area contributed by atoms with Crippen molar-refractivity contribution in [3.63, 3.8) is 0 Å². The molecule has 2 aromatic heterocycles. The molecule has 4 heterocycles. The van der Waals surface area contributed by atoms with Crippen LogP contribution in [0.5, 0.6) is 0 Å². The second-order valence-electron chi connectivity index (χ2n) is 8.13. The molecule has 5 rings (SSSR count). The van der Waals surface area contributed by atoms with Gasteiger partial charge in [-0.3, -0.25) is 4.79 Å². The fraction of sp³-hybridized carbons (Fsp3) is 0.409. The molecule has 0 radical (unpaired) electrons. The molecule has 0 atom stereocenters. The summed E-state index contributed by atoms with van der Waals surface area (Å²) in [6, 6.07) is 9.60. The molecular formula is C22H25ClN6O. The number of amides is 1. The lowest BCUT2D eigenvalue weighted by atomic mass is 9.96. The maximum atomic E-state index is 13.0. The van der Waals surface area contributed by atoms with Crippen molar-refractivity contribution < 1.29 is 4.79 Å². The van der Waals surface area contributed by atoms with Crippen LogP contribution >= 0.6 is 11.6 Å². The Labute approximate surface area is 180 Å². The third-order valence-corrected chi connectivity index (χ3v) is 6.27. The molecule has 2 aliphatic heterocycles. The van der Waals surface area contributed by atoms with Gasteiger partial charge in [-0.25, -0.2) is 4.98 Å². The van der Waals surface area contributed by atoms with Gasteiger partial charge in [0.1, 0.15) is 5.82 Å². The van der Waals surface area contributed by atoms with Crippen molar-refractivity contribution in [1.82, 2.24) is 24.8 Å². The largest absolute Gasteiger partial charge is 0.354 e. The van der Waals surface area contributed by atoms with Crippen LogP contribution < -0.4 is 10.2 Å². The number of aromatic nitrogens is 3. The highest BCUT2D eigenvalue weighted by atomic mass is 35.5. The topological polar surface area (TPSA) is 65.8 Å². The molecule has 0 unspecified atom stereocenters. The van der Waals surface area contributed by atoms with Crippen LogP contribution in [0.15, 0.2) is 36.5 Å². The normalized spacial score (nSPS) is 16.8. The van der Waals surface area contributed by atoms with Gasteiger partial charge in [0.15, 0.2) is 5.65 Å². The summed E-state index contributed by atoms with van der Waals surface area (Å²) in [5.41, 5.74) is 4.37. The van der Waals surface area contributed by atoms with E-state index in [1.165, 1.54) is 5.56 Å². The van der Waals surface area contributed by atoms with E-state index >= 15 is 0 Å². The summed E-state index contributed by atoms with van der Waals surface area (Å²) in [7, 11) is 1.87. The number of hydrogen-bond donors (Lipinski definition) is 1. The van der Waals surface area contributed by atoms with Crippen molar-refractivity contribution in [2.24, 2.45) is 5.92 Å². The number of nitrogens with zero attached hydrogens (tertiary/aromatic N) is 5. The number of anilines is 1. The predicted octanol–water partition coefficient (Wildman–Crippen LogP) is 2.17. The highest BCUT2D eigenvalue weighted by molar-refractivity contribution is 6.30. The zero-order valence-corrected chi connectivity index (χ0v) is 17.8. The Morgan fingerprint density at radius 2 is 1.97 bits per heavy atom. The third-order valence-electron chi connectivity index (χ3n) is 6.02. The Morgan fingerprint density at radius 3 is 2.77 bits per heavy atom. The summed E-state index contributed by atoms with van der Waals surface area (Å²) in [6.45, 7) is 3.90. The van der Waals surface area contributed by atoms with Gasteiger partial charge < -0.3 is 15.1 Å². The van der Waals surface area contributed by atoms with Crippen molar-refractivity contribution in [2.45, 2.75) is 19.4 Å². The number of halogens is 1. The van der Waals surface area contributed by atoms with E-state index in [-0.39, 0.29) is 11.8 Å². The molecule has 156 valence electrons. The van der Waals surface area contributed by atoms with Gasteiger partial charge in [-0.15, -0.1) is 0 Å². The fourth-order valence-electron chi connectivity index (χ4n) is 4.40. The van der Waals surface area contributed by atoms with Gasteiger partial charge in [0.25, 0.3) is 0 Å². The first-order valence-electron chi connectivity index (χ1n) is 10.4. The van der Waals surface area contributed by atoms with Gasteiger partial charge in [-0.05, 0) is 30.7 Å². The summed E-state index contributed by atoms with van der Waals surface area (Å²) >= 11 is 5.96. The van der Waals surface area contributed by atoms with Gasteiger partial charge in [-0.1, -0.05) is 23.7 Å². The Balaban J connectivity index is 1.32. The van der Waals surface area contributed by atoms with E-state index in [1.807, 2.05) is 46.8 Å². The molecular weight excluding hydrogens is 400 g/mol. The van der Waals surface area contributed by atoms with Gasteiger partial charge in [0.05, 0.1) is 17.8 Å². The van der Waals surface area contributed by atoms with Crippen LogP contribution in [0, 0.1) is 5.92 Å². The van der Waals surface area contributed by atoms with Gasteiger partial charge >= 0.3 is 0 Å². The minimum atomic E-state index is 0.000584. The average Bonchev–Trinajstić information content (AvgIpc) is 3.04. The second kappa shape index (κ2) is 7.89. The van der Waals surface area contributed by atoms with Crippen LogP contribution in [0.25, 0.3) is 5.65 Å². The molecule has 2 aliphatic rings. The number of benzene rings is 1. The second-order valence-corrected chi connectivity index (χ2v) is 8.57. The number of nitrogens with one attached hydrogen (secondary N) is 1. The molecule has 0 saturated carbocycles. The van der Waals surface area contributed by atoms with Gasteiger partial charge in [0, 0.05) is 56.3 Å².